The Balaban J connectivity index is 1.69. The number of hydrogen-bond donors (Lipinski definition) is 0. The first-order valence-electron chi connectivity index (χ1n) is 13.0. The molecule has 0 amide bonds. The highest BCUT2D eigenvalue weighted by molar-refractivity contribution is 6.13. The van der Waals surface area contributed by atoms with E-state index in [0.29, 0.717) is 27.7 Å². The maximum absolute atomic E-state index is 14.8. The number of fused-ring (bicyclic) bond motifs is 3. The van der Waals surface area contributed by atoms with Gasteiger partial charge in [-0.05, 0) is 47.4 Å². The summed E-state index contributed by atoms with van der Waals surface area (Å²) in [7, 11) is 1.54. The van der Waals surface area contributed by atoms with E-state index < -0.39 is 17.9 Å². The summed E-state index contributed by atoms with van der Waals surface area (Å²) in [6.07, 6.45) is -0.337. The lowest BCUT2D eigenvalue weighted by Gasteiger charge is -2.07. The normalized spacial score (nSPS) is 12.3. The predicted octanol–water partition coefficient (Wildman–Crippen LogP) is 7.73. The van der Waals surface area contributed by atoms with E-state index in [0.717, 1.165) is 33.2 Å². The molecule has 0 radical (unpaired) electrons. The highest BCUT2D eigenvalue weighted by Gasteiger charge is 2.23. The first-order chi connectivity index (χ1) is 18.8. The number of nitriles is 1. The van der Waals surface area contributed by atoms with Gasteiger partial charge >= 0.3 is 0 Å². The first kappa shape index (κ1) is 18.6. The molecule has 0 aliphatic carbocycles. The molecule has 172 valence electrons. The van der Waals surface area contributed by atoms with E-state index in [1.807, 2.05) is 67.6 Å². The second-order valence-electron chi connectivity index (χ2n) is 8.78. The summed E-state index contributed by atoms with van der Waals surface area (Å²) in [5, 5.41) is 11.3. The average Bonchev–Trinajstić information content (AvgIpc) is 3.34. The van der Waals surface area contributed by atoms with Gasteiger partial charge in [-0.15, -0.1) is 0 Å². The van der Waals surface area contributed by atoms with Crippen molar-refractivity contribution in [2.24, 2.45) is 7.05 Å². The largest absolute Gasteiger partial charge is 0.454 e. The number of furan rings is 1. The Kier molecular flexibility index (Phi) is 4.37. The predicted molar refractivity (Wildman–Crippen MR) is 141 cm³/mol. The van der Waals surface area contributed by atoms with Crippen LogP contribution < -0.4 is 4.57 Å². The summed E-state index contributed by atoms with van der Waals surface area (Å²) in [6, 6.07) is 26.5. The van der Waals surface area contributed by atoms with Gasteiger partial charge in [0, 0.05) is 28.4 Å². The van der Waals surface area contributed by atoms with Crippen molar-refractivity contribution < 1.29 is 17.5 Å². The van der Waals surface area contributed by atoms with Crippen LogP contribution in [0, 0.1) is 24.1 Å². The van der Waals surface area contributed by atoms with E-state index >= 15 is 0 Å². The molecule has 2 heterocycles. The molecule has 4 aromatic carbocycles. The maximum Gasteiger partial charge on any atom is 0.219 e. The van der Waals surface area contributed by atoms with Gasteiger partial charge in [0.2, 0.25) is 5.69 Å². The Bertz CT molecular complexity index is 1960. The van der Waals surface area contributed by atoms with Gasteiger partial charge in [-0.3, -0.25) is 0 Å². The summed E-state index contributed by atoms with van der Waals surface area (Å²) >= 11 is 0. The zero-order valence-corrected chi connectivity index (χ0v) is 19.7. The Labute approximate surface area is 212 Å². The van der Waals surface area contributed by atoms with Crippen LogP contribution in [-0.4, -0.2) is 0 Å². The molecular formula is C32H22FN2O+. The number of halogens is 1. The lowest BCUT2D eigenvalue weighted by molar-refractivity contribution is -0.660. The Morgan fingerprint density at radius 3 is 2.47 bits per heavy atom. The monoisotopic (exact) mass is 472 g/mol. The summed E-state index contributed by atoms with van der Waals surface area (Å²) in [5.74, 6) is -1.05. The molecule has 0 N–H and O–H groups in total. The molecule has 0 atom stereocenters. The molecule has 0 aliphatic heterocycles. The molecule has 0 saturated heterocycles. The van der Waals surface area contributed by atoms with E-state index in [9.17, 15) is 9.65 Å². The van der Waals surface area contributed by atoms with Gasteiger partial charge in [0.25, 0.3) is 0 Å². The molecule has 2 aromatic heterocycles. The van der Waals surface area contributed by atoms with Crippen molar-refractivity contribution in [3.8, 4) is 39.6 Å². The van der Waals surface area contributed by atoms with Crippen LogP contribution in [0.1, 0.15) is 15.2 Å². The SMILES string of the molecule is [2H]c1c(F)c([2H])c(-c2c(C)ccc3c2oc2c(-c4cccc(-c5ccccc5)c4)cc(C#N)cc23)[n+](C)c1[2H]. The second-order valence-corrected chi connectivity index (χ2v) is 8.78. The summed E-state index contributed by atoms with van der Waals surface area (Å²) in [4.78, 5) is 0. The summed E-state index contributed by atoms with van der Waals surface area (Å²) in [6.45, 7) is 1.84. The zero-order valence-electron chi connectivity index (χ0n) is 22.7. The van der Waals surface area contributed by atoms with Crippen LogP contribution in [-0.2, 0) is 7.05 Å². The van der Waals surface area contributed by atoms with Crippen LogP contribution >= 0.6 is 0 Å². The molecule has 0 fully saturated rings. The van der Waals surface area contributed by atoms with E-state index in [1.165, 1.54) is 4.57 Å². The number of rotatable bonds is 3. The van der Waals surface area contributed by atoms with E-state index in [2.05, 4.69) is 12.1 Å². The number of hydrogen-bond acceptors (Lipinski definition) is 2. The van der Waals surface area contributed by atoms with Gasteiger partial charge < -0.3 is 4.42 Å². The standard InChI is InChI=1S/C32H22FN2O/c1-20-11-12-26-28-16-21(19-34)15-27(24-10-6-9-23(17-24)22-7-4-3-5-8-22)31(28)36-32(26)30(20)29-18-25(33)13-14-35(29)2/h3-18H,1-2H3/q+1/i13D,14D,18D. The first-order valence-corrected chi connectivity index (χ1v) is 11.5. The molecule has 0 unspecified atom stereocenters. The minimum atomic E-state index is -1.05. The molecule has 0 saturated carbocycles. The summed E-state index contributed by atoms with van der Waals surface area (Å²) in [5.41, 5.74) is 6.54. The Hall–Kier alpha value is -4.75. The van der Waals surface area contributed by atoms with E-state index in [4.69, 9.17) is 8.53 Å². The van der Waals surface area contributed by atoms with Crippen molar-refractivity contribution in [3.63, 3.8) is 0 Å². The van der Waals surface area contributed by atoms with Crippen molar-refractivity contribution in [1.29, 1.82) is 5.26 Å². The smallest absolute Gasteiger partial charge is 0.219 e. The van der Waals surface area contributed by atoms with Gasteiger partial charge in [0.05, 0.1) is 19.9 Å². The van der Waals surface area contributed by atoms with Crippen molar-refractivity contribution in [2.45, 2.75) is 6.92 Å². The van der Waals surface area contributed by atoms with Gasteiger partial charge in [-0.25, -0.2) is 8.96 Å². The fourth-order valence-electron chi connectivity index (χ4n) is 4.75. The molecule has 0 aliphatic rings. The Morgan fingerprint density at radius 2 is 1.67 bits per heavy atom. The average molecular weight is 473 g/mol. The molecule has 0 spiro atoms. The molecule has 36 heavy (non-hydrogen) atoms. The minimum Gasteiger partial charge on any atom is -0.454 e. The summed E-state index contributed by atoms with van der Waals surface area (Å²) < 4.78 is 47.3. The molecule has 6 aromatic rings. The van der Waals surface area contributed by atoms with Crippen LogP contribution in [0.15, 0.2) is 102 Å². The van der Waals surface area contributed by atoms with Gasteiger partial charge in [0.1, 0.15) is 25.4 Å². The molecule has 4 heteroatoms. The molecular weight excluding hydrogens is 447 g/mol. The van der Waals surface area contributed by atoms with Crippen LogP contribution in [0.25, 0.3) is 55.4 Å². The third-order valence-electron chi connectivity index (χ3n) is 6.49. The lowest BCUT2D eigenvalue weighted by atomic mass is 9.95. The lowest BCUT2D eigenvalue weighted by Crippen LogP contribution is -2.30. The third kappa shape index (κ3) is 3.54. The van der Waals surface area contributed by atoms with Gasteiger partial charge in [-0.1, -0.05) is 60.7 Å². The number of pyridine rings is 1. The number of nitrogens with zero attached hydrogens (tertiary/aromatic N) is 2. The number of aromatic nitrogens is 1. The van der Waals surface area contributed by atoms with Crippen molar-refractivity contribution in [3.05, 3.63) is 114 Å². The molecule has 3 nitrogen and oxygen atoms in total. The molecule has 6 rings (SSSR count). The third-order valence-corrected chi connectivity index (χ3v) is 6.49. The number of aryl methyl sites for hydroxylation is 1. The quantitative estimate of drug-likeness (QED) is 0.247. The van der Waals surface area contributed by atoms with Crippen molar-refractivity contribution >= 4 is 21.9 Å². The van der Waals surface area contributed by atoms with Gasteiger partial charge in [-0.2, -0.15) is 5.26 Å². The van der Waals surface area contributed by atoms with Crippen LogP contribution in [0.2, 0.25) is 0 Å². The van der Waals surface area contributed by atoms with Crippen LogP contribution in [0.5, 0.6) is 0 Å². The van der Waals surface area contributed by atoms with Crippen molar-refractivity contribution in [1.82, 2.24) is 0 Å². The second kappa shape index (κ2) is 8.48. The highest BCUT2D eigenvalue weighted by atomic mass is 19.1. The maximum atomic E-state index is 14.8. The van der Waals surface area contributed by atoms with Gasteiger partial charge in [0.15, 0.2) is 6.17 Å². The van der Waals surface area contributed by atoms with Crippen LogP contribution in [0.3, 0.4) is 0 Å². The van der Waals surface area contributed by atoms with E-state index in [1.54, 1.807) is 19.2 Å². The topological polar surface area (TPSA) is 40.8 Å². The van der Waals surface area contributed by atoms with Crippen LogP contribution in [0.4, 0.5) is 4.39 Å². The van der Waals surface area contributed by atoms with Crippen molar-refractivity contribution in [2.75, 3.05) is 0 Å². The fourth-order valence-corrected chi connectivity index (χ4v) is 4.75. The minimum absolute atomic E-state index is 0.156. The fraction of sp³-hybridized carbons (Fsp3) is 0.0625. The zero-order chi connectivity index (χ0) is 27.4. The Morgan fingerprint density at radius 1 is 0.889 bits per heavy atom. The van der Waals surface area contributed by atoms with E-state index in [-0.39, 0.29) is 11.9 Å². The molecule has 0 bridgehead atoms. The number of benzene rings is 4. The highest BCUT2D eigenvalue weighted by Crippen LogP contribution is 2.41.